The van der Waals surface area contributed by atoms with Crippen molar-refractivity contribution in [1.82, 2.24) is 0 Å². The molecule has 2 aliphatic rings. The molecule has 3 aromatic carbocycles. The summed E-state index contributed by atoms with van der Waals surface area (Å²) in [6.45, 7) is 3.15. The second-order valence-electron chi connectivity index (χ2n) is 9.82. The molecule has 5 heteroatoms. The molecular formula is C29H32N2O3. The Balaban J connectivity index is 1.42. The van der Waals surface area contributed by atoms with Crippen molar-refractivity contribution in [3.63, 3.8) is 0 Å². The zero-order valence-corrected chi connectivity index (χ0v) is 19.5. The van der Waals surface area contributed by atoms with Gasteiger partial charge in [0.2, 0.25) is 0 Å². The van der Waals surface area contributed by atoms with Gasteiger partial charge >= 0.3 is 5.97 Å². The molecule has 5 rings (SSSR count). The van der Waals surface area contributed by atoms with Crippen molar-refractivity contribution in [1.29, 1.82) is 0 Å². The molecule has 0 aromatic heterocycles. The summed E-state index contributed by atoms with van der Waals surface area (Å²) < 4.78 is 6.14. The van der Waals surface area contributed by atoms with Crippen LogP contribution >= 0.6 is 0 Å². The van der Waals surface area contributed by atoms with Crippen LogP contribution in [-0.4, -0.2) is 24.2 Å². The van der Waals surface area contributed by atoms with Crippen LogP contribution in [0.25, 0.3) is 11.1 Å². The van der Waals surface area contributed by atoms with Crippen molar-refractivity contribution < 1.29 is 14.6 Å². The SMILES string of the molecule is NCc1cccc(-c2cc(COc3ccccc3CC(=O)O)cc(N3CC4(CCCC4)C3)c2)c1. The van der Waals surface area contributed by atoms with Gasteiger partial charge in [-0.05, 0) is 65.4 Å². The number of rotatable bonds is 8. The fraction of sp³-hybridized carbons (Fsp3) is 0.345. The van der Waals surface area contributed by atoms with E-state index >= 15 is 0 Å². The van der Waals surface area contributed by atoms with Crippen LogP contribution in [0.2, 0.25) is 0 Å². The largest absolute Gasteiger partial charge is 0.489 e. The number of anilines is 1. The number of aliphatic carboxylic acids is 1. The maximum Gasteiger partial charge on any atom is 0.307 e. The molecule has 3 aromatic rings. The number of carbonyl (C=O) groups is 1. The lowest BCUT2D eigenvalue weighted by molar-refractivity contribution is -0.136. The summed E-state index contributed by atoms with van der Waals surface area (Å²) in [6, 6.07) is 22.4. The van der Waals surface area contributed by atoms with Gasteiger partial charge in [-0.2, -0.15) is 0 Å². The number of benzene rings is 3. The minimum absolute atomic E-state index is 0.0524. The summed E-state index contributed by atoms with van der Waals surface area (Å²) >= 11 is 0. The summed E-state index contributed by atoms with van der Waals surface area (Å²) in [6.07, 6.45) is 5.35. The molecule has 1 saturated heterocycles. The number of nitrogens with zero attached hydrogens (tertiary/aromatic N) is 1. The van der Waals surface area contributed by atoms with Gasteiger partial charge in [-0.25, -0.2) is 0 Å². The number of ether oxygens (including phenoxy) is 1. The van der Waals surface area contributed by atoms with Crippen LogP contribution < -0.4 is 15.4 Å². The molecule has 3 N–H and O–H groups in total. The fourth-order valence-corrected chi connectivity index (χ4v) is 5.49. The van der Waals surface area contributed by atoms with Crippen molar-refractivity contribution in [2.75, 3.05) is 18.0 Å². The van der Waals surface area contributed by atoms with E-state index in [4.69, 9.17) is 10.5 Å². The van der Waals surface area contributed by atoms with Crippen molar-refractivity contribution in [2.24, 2.45) is 11.1 Å². The molecule has 1 spiro atoms. The molecule has 1 aliphatic carbocycles. The predicted molar refractivity (Wildman–Crippen MR) is 135 cm³/mol. The van der Waals surface area contributed by atoms with E-state index in [1.54, 1.807) is 0 Å². The first-order valence-corrected chi connectivity index (χ1v) is 12.1. The standard InChI is InChI=1S/C29H32N2O3/c30-17-21-6-5-8-23(12-21)25-13-22(18-34-27-9-2-1-7-24(27)16-28(32)33)14-26(15-25)31-19-29(20-31)10-3-4-11-29/h1-2,5-9,12-15H,3-4,10-11,16-20,30H2,(H,32,33). The van der Waals surface area contributed by atoms with E-state index in [1.165, 1.54) is 31.4 Å². The topological polar surface area (TPSA) is 75.8 Å². The van der Waals surface area contributed by atoms with Crippen LogP contribution in [0.3, 0.4) is 0 Å². The minimum Gasteiger partial charge on any atom is -0.489 e. The molecule has 1 heterocycles. The van der Waals surface area contributed by atoms with Crippen LogP contribution in [-0.2, 0) is 24.4 Å². The molecule has 0 unspecified atom stereocenters. The first-order chi connectivity index (χ1) is 16.5. The van der Waals surface area contributed by atoms with Crippen molar-refractivity contribution in [2.45, 2.75) is 45.3 Å². The van der Waals surface area contributed by atoms with E-state index in [0.717, 1.165) is 35.3 Å². The zero-order chi connectivity index (χ0) is 23.5. The van der Waals surface area contributed by atoms with Gasteiger partial charge in [-0.3, -0.25) is 4.79 Å². The van der Waals surface area contributed by atoms with Gasteiger partial charge in [0, 0.05) is 36.3 Å². The van der Waals surface area contributed by atoms with E-state index < -0.39 is 5.97 Å². The number of carboxylic acids is 1. The second kappa shape index (κ2) is 9.51. The monoisotopic (exact) mass is 456 g/mol. The second-order valence-corrected chi connectivity index (χ2v) is 9.82. The van der Waals surface area contributed by atoms with Gasteiger partial charge in [0.15, 0.2) is 0 Å². The van der Waals surface area contributed by atoms with Crippen LogP contribution in [0.5, 0.6) is 5.75 Å². The highest BCUT2D eigenvalue weighted by Gasteiger charge is 2.44. The molecule has 34 heavy (non-hydrogen) atoms. The maximum atomic E-state index is 11.2. The Bertz CT molecular complexity index is 1180. The number of para-hydroxylation sites is 1. The highest BCUT2D eigenvalue weighted by Crippen LogP contribution is 2.47. The Morgan fingerprint density at radius 1 is 0.941 bits per heavy atom. The van der Waals surface area contributed by atoms with Gasteiger partial charge < -0.3 is 20.5 Å². The van der Waals surface area contributed by atoms with Crippen molar-refractivity contribution in [3.8, 4) is 16.9 Å². The van der Waals surface area contributed by atoms with E-state index in [2.05, 4.69) is 47.4 Å². The van der Waals surface area contributed by atoms with E-state index in [1.807, 2.05) is 24.3 Å². The highest BCUT2D eigenvalue weighted by atomic mass is 16.5. The smallest absolute Gasteiger partial charge is 0.307 e. The number of hydrogen-bond donors (Lipinski definition) is 2. The van der Waals surface area contributed by atoms with E-state index in [9.17, 15) is 9.90 Å². The third kappa shape index (κ3) is 4.80. The van der Waals surface area contributed by atoms with Crippen LogP contribution in [0.4, 0.5) is 5.69 Å². The van der Waals surface area contributed by atoms with Gasteiger partial charge in [0.1, 0.15) is 12.4 Å². The lowest BCUT2D eigenvalue weighted by Crippen LogP contribution is -2.55. The zero-order valence-electron chi connectivity index (χ0n) is 19.5. The lowest BCUT2D eigenvalue weighted by Gasteiger charge is -2.50. The van der Waals surface area contributed by atoms with Crippen LogP contribution in [0.15, 0.2) is 66.7 Å². The third-order valence-electron chi connectivity index (χ3n) is 7.26. The molecule has 0 radical (unpaired) electrons. The van der Waals surface area contributed by atoms with Gasteiger partial charge in [0.05, 0.1) is 6.42 Å². The minimum atomic E-state index is -0.862. The lowest BCUT2D eigenvalue weighted by atomic mass is 9.78. The van der Waals surface area contributed by atoms with Crippen molar-refractivity contribution >= 4 is 11.7 Å². The Hall–Kier alpha value is -3.31. The van der Waals surface area contributed by atoms with Crippen molar-refractivity contribution in [3.05, 3.63) is 83.4 Å². The first kappa shape index (κ1) is 22.5. The van der Waals surface area contributed by atoms with E-state index in [-0.39, 0.29) is 6.42 Å². The molecule has 0 amide bonds. The molecule has 1 saturated carbocycles. The number of hydrogen-bond acceptors (Lipinski definition) is 4. The van der Waals surface area contributed by atoms with Gasteiger partial charge in [-0.1, -0.05) is 49.2 Å². The van der Waals surface area contributed by atoms with E-state index in [0.29, 0.717) is 29.9 Å². The average Bonchev–Trinajstić information content (AvgIpc) is 3.33. The molecule has 0 bridgehead atoms. The van der Waals surface area contributed by atoms with Gasteiger partial charge in [0.25, 0.3) is 0 Å². The summed E-state index contributed by atoms with van der Waals surface area (Å²) in [5, 5.41) is 9.23. The Kier molecular flexibility index (Phi) is 6.29. The maximum absolute atomic E-state index is 11.2. The molecule has 1 aliphatic heterocycles. The first-order valence-electron chi connectivity index (χ1n) is 12.1. The predicted octanol–water partition coefficient (Wildman–Crippen LogP) is 5.40. The quantitative estimate of drug-likeness (QED) is 0.475. The molecular weight excluding hydrogens is 424 g/mol. The third-order valence-corrected chi connectivity index (χ3v) is 7.26. The Morgan fingerprint density at radius 3 is 2.47 bits per heavy atom. The molecule has 0 atom stereocenters. The number of carboxylic acid groups (broad SMARTS) is 1. The molecule has 176 valence electrons. The summed E-state index contributed by atoms with van der Waals surface area (Å²) in [7, 11) is 0. The molecule has 2 fully saturated rings. The van der Waals surface area contributed by atoms with Gasteiger partial charge in [-0.15, -0.1) is 0 Å². The summed E-state index contributed by atoms with van der Waals surface area (Å²) in [5.74, 6) is -0.241. The van der Waals surface area contributed by atoms with Crippen LogP contribution in [0.1, 0.15) is 42.4 Å². The highest BCUT2D eigenvalue weighted by molar-refractivity contribution is 5.72. The number of nitrogens with two attached hydrogens (primary N) is 1. The Morgan fingerprint density at radius 2 is 1.71 bits per heavy atom. The fourth-order valence-electron chi connectivity index (χ4n) is 5.49. The summed E-state index contributed by atoms with van der Waals surface area (Å²) in [5.41, 5.74) is 12.8. The average molecular weight is 457 g/mol. The Labute approximate surface area is 201 Å². The normalized spacial score (nSPS) is 16.4. The molecule has 5 nitrogen and oxygen atoms in total. The summed E-state index contributed by atoms with van der Waals surface area (Å²) in [4.78, 5) is 13.7. The van der Waals surface area contributed by atoms with Crippen LogP contribution in [0, 0.1) is 5.41 Å².